The first-order valence-corrected chi connectivity index (χ1v) is 9.10. The molecule has 5 atom stereocenters. The molecule has 0 aliphatic carbocycles. The predicted octanol–water partition coefficient (Wildman–Crippen LogP) is -0.0457. The van der Waals surface area contributed by atoms with Crippen molar-refractivity contribution in [1.82, 2.24) is 0 Å². The number of aliphatic hydroxyl groups is 4. The monoisotopic (exact) mass is 406 g/mol. The summed E-state index contributed by atoms with van der Waals surface area (Å²) in [5, 5.41) is 59.6. The van der Waals surface area contributed by atoms with Gasteiger partial charge in [-0.1, -0.05) is 12.1 Å². The zero-order valence-corrected chi connectivity index (χ0v) is 15.3. The zero-order chi connectivity index (χ0) is 20.8. The molecule has 2 aromatic rings. The molecule has 156 valence electrons. The summed E-state index contributed by atoms with van der Waals surface area (Å²) in [5.41, 5.74) is -0.778. The molecule has 9 nitrogen and oxygen atoms in total. The van der Waals surface area contributed by atoms with Crippen LogP contribution in [0.15, 0.2) is 36.4 Å². The van der Waals surface area contributed by atoms with Crippen LogP contribution in [-0.2, 0) is 11.2 Å². The van der Waals surface area contributed by atoms with Gasteiger partial charge in [0.1, 0.15) is 40.8 Å². The van der Waals surface area contributed by atoms with Crippen LogP contribution in [0.3, 0.4) is 0 Å². The van der Waals surface area contributed by atoms with E-state index in [1.54, 1.807) is 12.1 Å². The molecule has 0 bridgehead atoms. The van der Waals surface area contributed by atoms with E-state index in [2.05, 4.69) is 0 Å². The third-order valence-electron chi connectivity index (χ3n) is 5.23. The SMILES string of the molecule is OC[C@@]1(O)CO[C@@H](Oc2cc(O)c3c(c2)O[C@H](c2ccc(O)cc2)[C@H](O)C3)[C@@H]1O. The summed E-state index contributed by atoms with van der Waals surface area (Å²) in [7, 11) is 0. The molecule has 2 aromatic carbocycles. The van der Waals surface area contributed by atoms with Gasteiger partial charge in [-0.2, -0.15) is 0 Å². The van der Waals surface area contributed by atoms with Crippen LogP contribution in [0, 0.1) is 0 Å². The Morgan fingerprint density at radius 2 is 1.83 bits per heavy atom. The molecule has 4 rings (SSSR count). The average molecular weight is 406 g/mol. The Labute approximate surface area is 166 Å². The second-order valence-corrected chi connectivity index (χ2v) is 7.32. The van der Waals surface area contributed by atoms with Gasteiger partial charge in [0.05, 0.1) is 19.3 Å². The summed E-state index contributed by atoms with van der Waals surface area (Å²) in [4.78, 5) is 0. The number of fused-ring (bicyclic) bond motifs is 1. The van der Waals surface area contributed by atoms with Crippen molar-refractivity contribution in [3.05, 3.63) is 47.5 Å². The van der Waals surface area contributed by atoms with Gasteiger partial charge in [-0.25, -0.2) is 0 Å². The highest BCUT2D eigenvalue weighted by molar-refractivity contribution is 5.52. The van der Waals surface area contributed by atoms with Gasteiger partial charge in [0.2, 0.25) is 6.29 Å². The molecule has 0 aromatic heterocycles. The molecule has 2 aliphatic heterocycles. The molecule has 0 spiro atoms. The Kier molecular flexibility index (Phi) is 5.01. The minimum Gasteiger partial charge on any atom is -0.508 e. The number of phenols is 2. The summed E-state index contributed by atoms with van der Waals surface area (Å²) in [6, 6.07) is 9.01. The van der Waals surface area contributed by atoms with Gasteiger partial charge >= 0.3 is 0 Å². The zero-order valence-electron chi connectivity index (χ0n) is 15.3. The lowest BCUT2D eigenvalue weighted by Crippen LogP contribution is -2.48. The Bertz CT molecular complexity index is 884. The summed E-state index contributed by atoms with van der Waals surface area (Å²) in [6.45, 7) is -1.00. The first-order valence-electron chi connectivity index (χ1n) is 9.10. The van der Waals surface area contributed by atoms with Crippen molar-refractivity contribution >= 4 is 0 Å². The number of aliphatic hydroxyl groups excluding tert-OH is 3. The van der Waals surface area contributed by atoms with Crippen molar-refractivity contribution in [2.45, 2.75) is 36.6 Å². The maximum atomic E-state index is 10.4. The molecule has 1 saturated heterocycles. The average Bonchev–Trinajstić information content (AvgIpc) is 2.98. The molecule has 9 heteroatoms. The Hall–Kier alpha value is -2.56. The van der Waals surface area contributed by atoms with Crippen LogP contribution in [-0.4, -0.2) is 68.0 Å². The highest BCUT2D eigenvalue weighted by Crippen LogP contribution is 2.43. The molecular formula is C20H22O9. The van der Waals surface area contributed by atoms with E-state index in [4.69, 9.17) is 14.2 Å². The number of hydrogen-bond acceptors (Lipinski definition) is 9. The number of phenolic OH excluding ortho intramolecular Hbond substituents is 2. The molecule has 29 heavy (non-hydrogen) atoms. The maximum absolute atomic E-state index is 10.4. The first kappa shape index (κ1) is 19.7. The van der Waals surface area contributed by atoms with E-state index in [9.17, 15) is 30.6 Å². The molecule has 0 saturated carbocycles. The van der Waals surface area contributed by atoms with Gasteiger partial charge in [-0.3, -0.25) is 0 Å². The maximum Gasteiger partial charge on any atom is 0.229 e. The van der Waals surface area contributed by atoms with Crippen LogP contribution in [0.5, 0.6) is 23.0 Å². The fraction of sp³-hybridized carbons (Fsp3) is 0.400. The fourth-order valence-electron chi connectivity index (χ4n) is 3.50. The minimum absolute atomic E-state index is 0.0886. The standard InChI is InChI=1S/C20H22O9/c21-8-20(26)9-27-19(18(20)25)28-12-5-14(23)13-7-15(24)17(29-16(13)6-12)10-1-3-11(22)4-2-10/h1-6,15,17-19,21-26H,7-9H2/t15-,17-,18+,19+,20-/m1/s1. The highest BCUT2D eigenvalue weighted by Gasteiger charge is 2.49. The highest BCUT2D eigenvalue weighted by atomic mass is 16.7. The normalized spacial score (nSPS) is 31.2. The van der Waals surface area contributed by atoms with Crippen molar-refractivity contribution in [1.29, 1.82) is 0 Å². The van der Waals surface area contributed by atoms with Gasteiger partial charge < -0.3 is 44.8 Å². The van der Waals surface area contributed by atoms with Crippen LogP contribution in [0.25, 0.3) is 0 Å². The Balaban J connectivity index is 1.57. The van der Waals surface area contributed by atoms with E-state index in [0.717, 1.165) is 0 Å². The lowest BCUT2D eigenvalue weighted by Gasteiger charge is -2.32. The van der Waals surface area contributed by atoms with Gasteiger partial charge in [-0.05, 0) is 17.7 Å². The predicted molar refractivity (Wildman–Crippen MR) is 97.7 cm³/mol. The number of benzene rings is 2. The largest absolute Gasteiger partial charge is 0.508 e. The first-order chi connectivity index (χ1) is 13.8. The molecule has 2 heterocycles. The lowest BCUT2D eigenvalue weighted by molar-refractivity contribution is -0.115. The van der Waals surface area contributed by atoms with Gasteiger partial charge in [0, 0.05) is 24.1 Å². The van der Waals surface area contributed by atoms with Crippen LogP contribution < -0.4 is 9.47 Å². The minimum atomic E-state index is -1.83. The molecule has 6 N–H and O–H groups in total. The van der Waals surface area contributed by atoms with Crippen molar-refractivity contribution in [3.8, 4) is 23.0 Å². The topological polar surface area (TPSA) is 149 Å². The molecule has 0 unspecified atom stereocenters. The fourth-order valence-corrected chi connectivity index (χ4v) is 3.50. The van der Waals surface area contributed by atoms with E-state index in [1.165, 1.54) is 24.3 Å². The number of rotatable bonds is 4. The van der Waals surface area contributed by atoms with Gasteiger partial charge in [0.15, 0.2) is 0 Å². The van der Waals surface area contributed by atoms with E-state index >= 15 is 0 Å². The smallest absolute Gasteiger partial charge is 0.229 e. The molecular weight excluding hydrogens is 384 g/mol. The lowest BCUT2D eigenvalue weighted by atomic mass is 9.94. The molecule has 1 fully saturated rings. The quantitative estimate of drug-likeness (QED) is 0.411. The molecule has 0 amide bonds. The van der Waals surface area contributed by atoms with Gasteiger partial charge in [0.25, 0.3) is 0 Å². The van der Waals surface area contributed by atoms with Crippen LogP contribution in [0.2, 0.25) is 0 Å². The Morgan fingerprint density at radius 3 is 2.48 bits per heavy atom. The summed E-state index contributed by atoms with van der Waals surface area (Å²) >= 11 is 0. The second-order valence-electron chi connectivity index (χ2n) is 7.32. The van der Waals surface area contributed by atoms with E-state index in [0.29, 0.717) is 11.1 Å². The van der Waals surface area contributed by atoms with Crippen molar-refractivity contribution in [2.75, 3.05) is 13.2 Å². The summed E-state index contributed by atoms with van der Waals surface area (Å²) in [5.74, 6) is 0.331. The van der Waals surface area contributed by atoms with Crippen LogP contribution >= 0.6 is 0 Å². The van der Waals surface area contributed by atoms with Crippen molar-refractivity contribution in [2.24, 2.45) is 0 Å². The number of aromatic hydroxyl groups is 2. The second kappa shape index (κ2) is 7.36. The van der Waals surface area contributed by atoms with Gasteiger partial charge in [-0.15, -0.1) is 0 Å². The Morgan fingerprint density at radius 1 is 1.10 bits per heavy atom. The summed E-state index contributed by atoms with van der Waals surface area (Å²) < 4.78 is 16.6. The van der Waals surface area contributed by atoms with E-state index in [1.807, 2.05) is 0 Å². The van der Waals surface area contributed by atoms with Crippen LogP contribution in [0.4, 0.5) is 0 Å². The third-order valence-corrected chi connectivity index (χ3v) is 5.23. The van der Waals surface area contributed by atoms with Crippen molar-refractivity contribution in [3.63, 3.8) is 0 Å². The molecule has 0 radical (unpaired) electrons. The van der Waals surface area contributed by atoms with Crippen molar-refractivity contribution < 1.29 is 44.8 Å². The van der Waals surface area contributed by atoms with E-state index in [-0.39, 0.29) is 36.0 Å². The molecule has 2 aliphatic rings. The van der Waals surface area contributed by atoms with E-state index < -0.39 is 36.8 Å². The number of hydrogen-bond donors (Lipinski definition) is 6. The van der Waals surface area contributed by atoms with Crippen LogP contribution in [0.1, 0.15) is 17.2 Å². The number of ether oxygens (including phenoxy) is 3. The summed E-state index contributed by atoms with van der Waals surface area (Å²) in [6.07, 6.45) is -4.22. The third kappa shape index (κ3) is 3.59.